The van der Waals surface area contributed by atoms with Crippen LogP contribution < -0.4 is 4.74 Å². The van der Waals surface area contributed by atoms with Crippen LogP contribution in [-0.2, 0) is 29.1 Å². The fourth-order valence-corrected chi connectivity index (χ4v) is 3.59. The summed E-state index contributed by atoms with van der Waals surface area (Å²) in [6, 6.07) is 14.8. The molecule has 7 heteroatoms. The third-order valence-electron chi connectivity index (χ3n) is 5.44. The molecule has 0 fully saturated rings. The molecule has 31 heavy (non-hydrogen) atoms. The average Bonchev–Trinajstić information content (AvgIpc) is 3.12. The van der Waals surface area contributed by atoms with Crippen LogP contribution in [0.3, 0.4) is 0 Å². The Balaban J connectivity index is 1.32. The summed E-state index contributed by atoms with van der Waals surface area (Å²) >= 11 is 0. The van der Waals surface area contributed by atoms with Gasteiger partial charge in [0.25, 0.3) is 5.91 Å². The number of carbonyl (C=O) groups excluding carboxylic acids is 2. The molecule has 0 bridgehead atoms. The molecule has 160 valence electrons. The van der Waals surface area contributed by atoms with Crippen molar-refractivity contribution in [3.05, 3.63) is 82.2 Å². The number of esters is 1. The number of aromatic nitrogens is 1. The van der Waals surface area contributed by atoms with Crippen molar-refractivity contribution in [2.45, 2.75) is 33.4 Å². The predicted octanol–water partition coefficient (Wildman–Crippen LogP) is 3.61. The Labute approximate surface area is 180 Å². The quantitative estimate of drug-likeness (QED) is 0.567. The molecule has 0 saturated heterocycles. The summed E-state index contributed by atoms with van der Waals surface area (Å²) in [5.74, 6) is 0.461. The maximum Gasteiger partial charge on any atom is 0.338 e. The number of nitrogens with zero attached hydrogens (tertiary/aromatic N) is 2. The van der Waals surface area contributed by atoms with Gasteiger partial charge in [0.1, 0.15) is 18.1 Å². The van der Waals surface area contributed by atoms with Crippen LogP contribution in [0.2, 0.25) is 0 Å². The monoisotopic (exact) mass is 420 g/mol. The van der Waals surface area contributed by atoms with E-state index in [9.17, 15) is 9.59 Å². The van der Waals surface area contributed by atoms with E-state index in [1.807, 2.05) is 32.0 Å². The van der Waals surface area contributed by atoms with Crippen LogP contribution in [0.5, 0.6) is 5.75 Å². The van der Waals surface area contributed by atoms with E-state index in [1.165, 1.54) is 5.56 Å². The Morgan fingerprint density at radius 3 is 2.68 bits per heavy atom. The van der Waals surface area contributed by atoms with Crippen molar-refractivity contribution in [2.75, 3.05) is 13.2 Å². The molecule has 1 amide bonds. The summed E-state index contributed by atoms with van der Waals surface area (Å²) in [5, 5.41) is 3.90. The number of rotatable bonds is 6. The second-order valence-electron chi connectivity index (χ2n) is 7.53. The summed E-state index contributed by atoms with van der Waals surface area (Å²) in [5.41, 5.74) is 4.37. The van der Waals surface area contributed by atoms with Crippen LogP contribution in [0.15, 0.2) is 53.1 Å². The summed E-state index contributed by atoms with van der Waals surface area (Å²) in [6.07, 6.45) is 0.806. The van der Waals surface area contributed by atoms with Gasteiger partial charge in [-0.3, -0.25) is 4.79 Å². The maximum atomic E-state index is 12.5. The highest BCUT2D eigenvalue weighted by atomic mass is 16.5. The highest BCUT2D eigenvalue weighted by Crippen LogP contribution is 2.20. The number of fused-ring (bicyclic) bond motifs is 1. The standard InChI is InChI=1S/C24H24N2O5/c1-16-22(17(2)31-25-16)14-29-21-9-5-8-19(12-21)24(28)30-15-23(27)26-11-10-18-6-3-4-7-20(18)13-26/h3-9,12H,10-11,13-15H2,1-2H3. The first-order valence-electron chi connectivity index (χ1n) is 10.2. The molecule has 0 radical (unpaired) electrons. The number of amides is 1. The molecule has 0 atom stereocenters. The minimum atomic E-state index is -0.562. The molecule has 0 unspecified atom stereocenters. The lowest BCUT2D eigenvalue weighted by atomic mass is 10.00. The van der Waals surface area contributed by atoms with Crippen molar-refractivity contribution >= 4 is 11.9 Å². The zero-order valence-corrected chi connectivity index (χ0v) is 17.6. The van der Waals surface area contributed by atoms with Gasteiger partial charge in [-0.25, -0.2) is 4.79 Å². The third-order valence-corrected chi connectivity index (χ3v) is 5.44. The molecule has 1 aliphatic rings. The van der Waals surface area contributed by atoms with E-state index >= 15 is 0 Å². The van der Waals surface area contributed by atoms with E-state index in [2.05, 4.69) is 11.2 Å². The van der Waals surface area contributed by atoms with Gasteiger partial charge >= 0.3 is 5.97 Å². The molecule has 1 aromatic heterocycles. The summed E-state index contributed by atoms with van der Waals surface area (Å²) in [6.45, 7) is 4.83. The van der Waals surface area contributed by atoms with Crippen LogP contribution in [0.4, 0.5) is 0 Å². The number of hydrogen-bond acceptors (Lipinski definition) is 6. The van der Waals surface area contributed by atoms with Gasteiger partial charge in [0.2, 0.25) is 0 Å². The Hall–Kier alpha value is -3.61. The number of carbonyl (C=O) groups is 2. The minimum absolute atomic E-state index is 0.200. The molecule has 3 aromatic rings. The van der Waals surface area contributed by atoms with Gasteiger partial charge in [0.15, 0.2) is 6.61 Å². The zero-order valence-electron chi connectivity index (χ0n) is 17.6. The van der Waals surface area contributed by atoms with E-state index in [1.54, 1.807) is 29.2 Å². The highest BCUT2D eigenvalue weighted by Gasteiger charge is 2.21. The van der Waals surface area contributed by atoms with E-state index in [-0.39, 0.29) is 19.1 Å². The van der Waals surface area contributed by atoms with Crippen molar-refractivity contribution in [1.82, 2.24) is 10.1 Å². The Morgan fingerprint density at radius 2 is 1.90 bits per heavy atom. The predicted molar refractivity (Wildman–Crippen MR) is 113 cm³/mol. The lowest BCUT2D eigenvalue weighted by Gasteiger charge is -2.28. The van der Waals surface area contributed by atoms with Gasteiger partial charge in [-0.2, -0.15) is 0 Å². The first-order valence-corrected chi connectivity index (χ1v) is 10.2. The second kappa shape index (κ2) is 9.04. The van der Waals surface area contributed by atoms with Crippen molar-refractivity contribution in [2.24, 2.45) is 0 Å². The van der Waals surface area contributed by atoms with E-state index in [0.29, 0.717) is 30.2 Å². The van der Waals surface area contributed by atoms with Crippen LogP contribution >= 0.6 is 0 Å². The molecule has 4 rings (SSSR count). The van der Waals surface area contributed by atoms with Gasteiger partial charge in [-0.1, -0.05) is 35.5 Å². The van der Waals surface area contributed by atoms with Crippen molar-refractivity contribution in [3.63, 3.8) is 0 Å². The summed E-state index contributed by atoms with van der Waals surface area (Å²) < 4.78 is 16.2. The third kappa shape index (κ3) is 4.77. The minimum Gasteiger partial charge on any atom is -0.489 e. The van der Waals surface area contributed by atoms with E-state index in [4.69, 9.17) is 14.0 Å². The van der Waals surface area contributed by atoms with Crippen LogP contribution in [0.1, 0.15) is 38.5 Å². The van der Waals surface area contributed by atoms with Crippen LogP contribution in [0.25, 0.3) is 0 Å². The number of hydrogen-bond donors (Lipinski definition) is 0. The molecule has 7 nitrogen and oxygen atoms in total. The smallest absolute Gasteiger partial charge is 0.338 e. The first-order chi connectivity index (χ1) is 15.0. The zero-order chi connectivity index (χ0) is 21.8. The van der Waals surface area contributed by atoms with Gasteiger partial charge < -0.3 is 18.9 Å². The number of ether oxygens (including phenoxy) is 2. The average molecular weight is 420 g/mol. The summed E-state index contributed by atoms with van der Waals surface area (Å²) in [7, 11) is 0. The lowest BCUT2D eigenvalue weighted by Crippen LogP contribution is -2.38. The van der Waals surface area contributed by atoms with Crippen molar-refractivity contribution in [3.8, 4) is 5.75 Å². The van der Waals surface area contributed by atoms with Crippen molar-refractivity contribution < 1.29 is 23.6 Å². The highest BCUT2D eigenvalue weighted by molar-refractivity contribution is 5.91. The van der Waals surface area contributed by atoms with Crippen LogP contribution in [0, 0.1) is 13.8 Å². The van der Waals surface area contributed by atoms with Gasteiger partial charge in [0.05, 0.1) is 16.8 Å². The molecule has 2 heterocycles. The Kier molecular flexibility index (Phi) is 6.02. The molecule has 0 spiro atoms. The fraction of sp³-hybridized carbons (Fsp3) is 0.292. The molecular formula is C24H24N2O5. The molecule has 2 aromatic carbocycles. The molecule has 0 saturated carbocycles. The Morgan fingerprint density at radius 1 is 1.10 bits per heavy atom. The van der Waals surface area contributed by atoms with E-state index in [0.717, 1.165) is 23.2 Å². The molecule has 0 N–H and O–H groups in total. The Bertz CT molecular complexity index is 1090. The SMILES string of the molecule is Cc1noc(C)c1COc1cccc(C(=O)OCC(=O)N2CCc3ccccc3C2)c1. The molecule has 1 aliphatic heterocycles. The van der Waals surface area contributed by atoms with Gasteiger partial charge in [0, 0.05) is 13.1 Å². The van der Waals surface area contributed by atoms with Crippen molar-refractivity contribution in [1.29, 1.82) is 0 Å². The van der Waals surface area contributed by atoms with Gasteiger partial charge in [-0.15, -0.1) is 0 Å². The second-order valence-corrected chi connectivity index (χ2v) is 7.53. The largest absolute Gasteiger partial charge is 0.489 e. The fourth-order valence-electron chi connectivity index (χ4n) is 3.59. The maximum absolute atomic E-state index is 12.5. The van der Waals surface area contributed by atoms with E-state index < -0.39 is 5.97 Å². The van der Waals surface area contributed by atoms with Crippen LogP contribution in [-0.4, -0.2) is 35.1 Å². The van der Waals surface area contributed by atoms with Gasteiger partial charge in [-0.05, 0) is 49.6 Å². The summed E-state index contributed by atoms with van der Waals surface area (Å²) in [4.78, 5) is 26.7. The number of benzene rings is 2. The normalized spacial score (nSPS) is 12.9. The number of aryl methyl sites for hydroxylation is 2. The molecule has 0 aliphatic carbocycles. The molecular weight excluding hydrogens is 396 g/mol. The first kappa shape index (κ1) is 20.7. The topological polar surface area (TPSA) is 81.9 Å². The lowest BCUT2D eigenvalue weighted by molar-refractivity contribution is -0.135.